The van der Waals surface area contributed by atoms with Crippen molar-refractivity contribution in [2.75, 3.05) is 47.5 Å². The molecule has 0 radical (unpaired) electrons. The van der Waals surface area contributed by atoms with Gasteiger partial charge in [0.05, 0.1) is 27.7 Å². The zero-order chi connectivity index (χ0) is 45.7. The average Bonchev–Trinajstić information content (AvgIpc) is 3.23. The number of phosphoric acid groups is 1. The van der Waals surface area contributed by atoms with Crippen LogP contribution in [0.2, 0.25) is 0 Å². The molecule has 0 saturated carbocycles. The number of allylic oxidation sites excluding steroid dienone is 18. The summed E-state index contributed by atoms with van der Waals surface area (Å²) in [6, 6.07) is 0. The molecule has 0 rings (SSSR count). The van der Waals surface area contributed by atoms with Gasteiger partial charge in [-0.15, -0.1) is 0 Å². The molecule has 0 amide bonds. The molecule has 10 heteroatoms. The van der Waals surface area contributed by atoms with Gasteiger partial charge in [0, 0.05) is 12.8 Å². The maximum Gasteiger partial charge on any atom is 0.472 e. The number of ether oxygens (including phenoxy) is 2. The van der Waals surface area contributed by atoms with Crippen molar-refractivity contribution in [2.45, 2.75) is 161 Å². The molecule has 2 unspecified atom stereocenters. The monoisotopic (exact) mass is 885 g/mol. The van der Waals surface area contributed by atoms with Crippen molar-refractivity contribution in [3.8, 4) is 0 Å². The Morgan fingerprint density at radius 3 is 1.39 bits per heavy atom. The Morgan fingerprint density at radius 1 is 0.516 bits per heavy atom. The lowest BCUT2D eigenvalue weighted by atomic mass is 10.1. The minimum absolute atomic E-state index is 0.0157. The number of phosphoric ester groups is 1. The number of hydrogen-bond donors (Lipinski definition) is 1. The first kappa shape index (κ1) is 58.7. The van der Waals surface area contributed by atoms with Crippen molar-refractivity contribution in [1.29, 1.82) is 0 Å². The first-order valence-corrected chi connectivity index (χ1v) is 25.1. The third kappa shape index (κ3) is 46.2. The molecule has 2 atom stereocenters. The number of carbonyl (C=O) groups excluding carboxylic acids is 2. The highest BCUT2D eigenvalue weighted by Crippen LogP contribution is 2.43. The molecule has 0 aromatic rings. The summed E-state index contributed by atoms with van der Waals surface area (Å²) in [7, 11) is 1.42. The van der Waals surface area contributed by atoms with Crippen LogP contribution < -0.4 is 0 Å². The lowest BCUT2D eigenvalue weighted by Gasteiger charge is -2.24. The van der Waals surface area contributed by atoms with E-state index >= 15 is 0 Å². The van der Waals surface area contributed by atoms with Crippen LogP contribution in [0.25, 0.3) is 0 Å². The molecule has 0 aromatic heterocycles. The van der Waals surface area contributed by atoms with Crippen LogP contribution in [0, 0.1) is 0 Å². The second-order valence-electron chi connectivity index (χ2n) is 16.4. The number of hydrogen-bond acceptors (Lipinski definition) is 7. The maximum atomic E-state index is 12.7. The van der Waals surface area contributed by atoms with Crippen LogP contribution in [0.1, 0.15) is 155 Å². The van der Waals surface area contributed by atoms with E-state index in [0.717, 1.165) is 109 Å². The second kappa shape index (κ2) is 42.9. The summed E-state index contributed by atoms with van der Waals surface area (Å²) in [5.74, 6) is -0.866. The Kier molecular flexibility index (Phi) is 40.6. The molecule has 0 aliphatic heterocycles. The third-order valence-electron chi connectivity index (χ3n) is 9.27. The summed E-state index contributed by atoms with van der Waals surface area (Å²) in [5, 5.41) is 0. The van der Waals surface area contributed by atoms with Crippen molar-refractivity contribution in [3.05, 3.63) is 109 Å². The van der Waals surface area contributed by atoms with Crippen LogP contribution in [0.4, 0.5) is 0 Å². The molecule has 0 aliphatic carbocycles. The van der Waals surface area contributed by atoms with E-state index in [0.29, 0.717) is 23.9 Å². The molecule has 0 heterocycles. The molecule has 0 saturated heterocycles. The van der Waals surface area contributed by atoms with Crippen LogP contribution in [0.3, 0.4) is 0 Å². The number of quaternary nitrogens is 1. The zero-order valence-corrected chi connectivity index (χ0v) is 40.4. The van der Waals surface area contributed by atoms with Crippen LogP contribution in [-0.2, 0) is 32.7 Å². The Labute approximate surface area is 378 Å². The fourth-order valence-electron chi connectivity index (χ4n) is 5.62. The van der Waals surface area contributed by atoms with E-state index in [1.54, 1.807) is 0 Å². The first-order chi connectivity index (χ1) is 30.0. The molecule has 9 nitrogen and oxygen atoms in total. The normalized spacial score (nSPS) is 14.5. The number of carbonyl (C=O) groups is 2. The topological polar surface area (TPSA) is 108 Å². The Bertz CT molecular complexity index is 1420. The lowest BCUT2D eigenvalue weighted by molar-refractivity contribution is -0.870. The van der Waals surface area contributed by atoms with Crippen LogP contribution in [0.15, 0.2) is 109 Å². The first-order valence-electron chi connectivity index (χ1n) is 23.6. The zero-order valence-electron chi connectivity index (χ0n) is 39.6. The summed E-state index contributed by atoms with van der Waals surface area (Å²) in [5.41, 5.74) is 0. The quantitative estimate of drug-likeness (QED) is 0.0213. The molecule has 0 fully saturated rings. The highest BCUT2D eigenvalue weighted by molar-refractivity contribution is 7.47. The number of rotatable bonds is 41. The standard InChI is InChI=1S/C52H86NO8P/c1-6-8-10-12-14-16-18-20-21-22-23-24-25-26-27-28-29-30-31-33-35-37-39-41-43-45-52(55)61-50(49-60-62(56,57)59-47-46-53(3,4)5)48-58-51(54)44-42-40-38-36-34-32-19-17-15-13-11-9-7-2/h8,10-11,13-14,16-17,19-21,23-24,26-27,29-30,33,35,50H,6-7,9,12,15,18,22,25,28,31-32,34,36-49H2,1-5H3/p+1/b10-8-,13-11-,16-14-,19-17-,21-20-,24-23-,27-26-,30-29-,35-33-. The number of esters is 2. The lowest BCUT2D eigenvalue weighted by Crippen LogP contribution is -2.37. The van der Waals surface area contributed by atoms with Gasteiger partial charge < -0.3 is 18.9 Å². The molecule has 0 aliphatic rings. The van der Waals surface area contributed by atoms with E-state index in [1.807, 2.05) is 21.1 Å². The largest absolute Gasteiger partial charge is 0.472 e. The summed E-state index contributed by atoms with van der Waals surface area (Å²) in [6.45, 7) is 4.16. The maximum absolute atomic E-state index is 12.7. The summed E-state index contributed by atoms with van der Waals surface area (Å²) in [4.78, 5) is 35.4. The van der Waals surface area contributed by atoms with Gasteiger partial charge in [0.25, 0.3) is 0 Å². The molecule has 1 N–H and O–H groups in total. The number of unbranched alkanes of at least 4 members (excludes halogenated alkanes) is 9. The predicted molar refractivity (Wildman–Crippen MR) is 261 cm³/mol. The van der Waals surface area contributed by atoms with E-state index in [4.69, 9.17) is 18.5 Å². The van der Waals surface area contributed by atoms with Crippen LogP contribution in [0.5, 0.6) is 0 Å². The minimum Gasteiger partial charge on any atom is -0.462 e. The van der Waals surface area contributed by atoms with Gasteiger partial charge in [-0.05, 0) is 96.3 Å². The third-order valence-corrected chi connectivity index (χ3v) is 10.3. The molecule has 62 heavy (non-hydrogen) atoms. The highest BCUT2D eigenvalue weighted by atomic mass is 31.2. The summed E-state index contributed by atoms with van der Waals surface area (Å²) in [6.07, 6.45) is 58.6. The van der Waals surface area contributed by atoms with Crippen molar-refractivity contribution >= 4 is 19.8 Å². The minimum atomic E-state index is -4.40. The van der Waals surface area contributed by atoms with Gasteiger partial charge in [-0.2, -0.15) is 0 Å². The predicted octanol–water partition coefficient (Wildman–Crippen LogP) is 13.9. The van der Waals surface area contributed by atoms with E-state index in [1.165, 1.54) is 6.42 Å². The van der Waals surface area contributed by atoms with E-state index in [2.05, 4.69) is 123 Å². The van der Waals surface area contributed by atoms with E-state index in [-0.39, 0.29) is 26.1 Å². The molecule has 0 bridgehead atoms. The van der Waals surface area contributed by atoms with E-state index in [9.17, 15) is 19.0 Å². The Morgan fingerprint density at radius 2 is 0.919 bits per heavy atom. The number of nitrogens with zero attached hydrogens (tertiary/aromatic N) is 1. The molecule has 352 valence electrons. The van der Waals surface area contributed by atoms with Crippen molar-refractivity contribution in [1.82, 2.24) is 0 Å². The fourth-order valence-corrected chi connectivity index (χ4v) is 6.36. The number of likely N-dealkylation sites (N-methyl/N-ethyl adjacent to an activating group) is 1. The van der Waals surface area contributed by atoms with Gasteiger partial charge in [-0.3, -0.25) is 18.6 Å². The van der Waals surface area contributed by atoms with Gasteiger partial charge in [-0.25, -0.2) is 4.57 Å². The van der Waals surface area contributed by atoms with Crippen LogP contribution in [-0.4, -0.2) is 74.9 Å². The smallest absolute Gasteiger partial charge is 0.462 e. The van der Waals surface area contributed by atoms with Gasteiger partial charge in [0.2, 0.25) is 0 Å². The SMILES string of the molecule is CC/C=C\C/C=C\C/C=C\C/C=C\C/C=C\C/C=C\C/C=C\CCCCCC(=O)OC(COC(=O)CCCCCCC/C=C\C/C=C\CCC)COP(=O)(O)OCC[N+](C)(C)C. The fraction of sp³-hybridized carbons (Fsp3) is 0.615. The van der Waals surface area contributed by atoms with E-state index < -0.39 is 32.5 Å². The molecular formula is C52H87NO8P+. The van der Waals surface area contributed by atoms with Crippen molar-refractivity contribution < 1.29 is 42.1 Å². The van der Waals surface area contributed by atoms with Gasteiger partial charge in [0.15, 0.2) is 6.10 Å². The van der Waals surface area contributed by atoms with Gasteiger partial charge >= 0.3 is 19.8 Å². The van der Waals surface area contributed by atoms with Gasteiger partial charge in [0.1, 0.15) is 19.8 Å². The van der Waals surface area contributed by atoms with Crippen LogP contribution >= 0.6 is 7.82 Å². The van der Waals surface area contributed by atoms with Gasteiger partial charge in [-0.1, -0.05) is 155 Å². The summed E-state index contributed by atoms with van der Waals surface area (Å²) >= 11 is 0. The molecular weight excluding hydrogens is 798 g/mol. The Hall–Kier alpha value is -3.33. The molecule has 0 aromatic carbocycles. The van der Waals surface area contributed by atoms with Crippen molar-refractivity contribution in [3.63, 3.8) is 0 Å². The second-order valence-corrected chi connectivity index (χ2v) is 17.9. The average molecular weight is 885 g/mol. The highest BCUT2D eigenvalue weighted by Gasteiger charge is 2.27. The molecule has 0 spiro atoms. The summed E-state index contributed by atoms with van der Waals surface area (Å²) < 4.78 is 34.3. The Balaban J connectivity index is 4.41. The van der Waals surface area contributed by atoms with Crippen molar-refractivity contribution in [2.24, 2.45) is 0 Å².